The molecule has 1 unspecified atom stereocenters. The maximum atomic E-state index is 6.45. The molecule has 3 aliphatic rings. The van der Waals surface area contributed by atoms with Crippen LogP contribution in [-0.2, 0) is 6.42 Å². The molecule has 0 bridgehead atoms. The fourth-order valence-electron chi connectivity index (χ4n) is 4.86. The summed E-state index contributed by atoms with van der Waals surface area (Å²) in [7, 11) is 2.20. The molecule has 5 rings (SSSR count). The zero-order valence-electron chi connectivity index (χ0n) is 17.0. The molecule has 152 valence electrons. The van der Waals surface area contributed by atoms with Crippen molar-refractivity contribution < 1.29 is 0 Å². The van der Waals surface area contributed by atoms with Crippen LogP contribution >= 0.6 is 11.6 Å². The van der Waals surface area contributed by atoms with Gasteiger partial charge in [-0.2, -0.15) is 0 Å². The first kappa shape index (κ1) is 19.0. The van der Waals surface area contributed by atoms with Crippen LogP contribution < -0.4 is 4.90 Å². The summed E-state index contributed by atoms with van der Waals surface area (Å²) in [6.45, 7) is 6.35. The second-order valence-electron chi connectivity index (χ2n) is 8.43. The van der Waals surface area contributed by atoms with Gasteiger partial charge in [0, 0.05) is 51.1 Å². The Morgan fingerprint density at radius 2 is 1.93 bits per heavy atom. The highest BCUT2D eigenvalue weighted by molar-refractivity contribution is 6.31. The molecule has 0 radical (unpaired) electrons. The number of hydrogen-bond acceptors (Lipinski definition) is 5. The Morgan fingerprint density at radius 3 is 2.76 bits per heavy atom. The Kier molecular flexibility index (Phi) is 5.29. The molecule has 5 nitrogen and oxygen atoms in total. The first-order valence-corrected chi connectivity index (χ1v) is 11.0. The largest absolute Gasteiger partial charge is 0.367 e. The Labute approximate surface area is 178 Å². The third kappa shape index (κ3) is 3.79. The summed E-state index contributed by atoms with van der Waals surface area (Å²) in [4.78, 5) is 17.1. The summed E-state index contributed by atoms with van der Waals surface area (Å²) in [5, 5.41) is 0.776. The van der Waals surface area contributed by atoms with E-state index in [9.17, 15) is 0 Å². The number of fused-ring (bicyclic) bond motifs is 1. The van der Waals surface area contributed by atoms with Gasteiger partial charge >= 0.3 is 0 Å². The van der Waals surface area contributed by atoms with Crippen LogP contribution in [-0.4, -0.2) is 66.8 Å². The van der Waals surface area contributed by atoms with Gasteiger partial charge in [0.05, 0.1) is 28.1 Å². The van der Waals surface area contributed by atoms with E-state index in [1.165, 1.54) is 29.1 Å². The summed E-state index contributed by atoms with van der Waals surface area (Å²) in [5.74, 6) is 0. The van der Waals surface area contributed by atoms with Gasteiger partial charge in [0.1, 0.15) is 0 Å². The van der Waals surface area contributed by atoms with Crippen LogP contribution in [0.1, 0.15) is 30.1 Å². The van der Waals surface area contributed by atoms with E-state index in [0.29, 0.717) is 6.04 Å². The normalized spacial score (nSPS) is 22.8. The standard InChI is InChI=1S/C23H28ClN5/c1-27-11-13-28(14-12-27)20-7-2-5-17-15-18(26-22(17)20)16-29-10-4-8-21(29)23-19(24)6-3-9-25-23/h2-3,5-7,9,21H,4,8,10-16H2,1H3. The number of anilines is 1. The van der Waals surface area contributed by atoms with Crippen molar-refractivity contribution in [1.82, 2.24) is 14.8 Å². The third-order valence-corrected chi connectivity index (χ3v) is 6.78. The van der Waals surface area contributed by atoms with Crippen LogP contribution in [0.5, 0.6) is 0 Å². The van der Waals surface area contributed by atoms with E-state index in [4.69, 9.17) is 16.6 Å². The van der Waals surface area contributed by atoms with Crippen LogP contribution in [0.4, 0.5) is 11.4 Å². The van der Waals surface area contributed by atoms with E-state index in [2.05, 4.69) is 44.9 Å². The maximum Gasteiger partial charge on any atom is 0.0898 e. The number of aliphatic imine (C=N–C) groups is 1. The van der Waals surface area contributed by atoms with E-state index >= 15 is 0 Å². The van der Waals surface area contributed by atoms with Gasteiger partial charge in [-0.1, -0.05) is 23.7 Å². The number of rotatable bonds is 4. The molecular weight excluding hydrogens is 382 g/mol. The fourth-order valence-corrected chi connectivity index (χ4v) is 5.11. The zero-order valence-corrected chi connectivity index (χ0v) is 17.8. The first-order chi connectivity index (χ1) is 14.2. The van der Waals surface area contributed by atoms with Crippen LogP contribution in [0.15, 0.2) is 41.5 Å². The second-order valence-corrected chi connectivity index (χ2v) is 8.84. The molecule has 1 aromatic carbocycles. The van der Waals surface area contributed by atoms with E-state index in [-0.39, 0.29) is 0 Å². The average molecular weight is 410 g/mol. The molecule has 29 heavy (non-hydrogen) atoms. The molecule has 6 heteroatoms. The van der Waals surface area contributed by atoms with E-state index in [1.807, 2.05) is 18.3 Å². The first-order valence-electron chi connectivity index (χ1n) is 10.7. The third-order valence-electron chi connectivity index (χ3n) is 6.46. The molecule has 2 saturated heterocycles. The quantitative estimate of drug-likeness (QED) is 0.765. The molecular formula is C23H28ClN5. The van der Waals surface area contributed by atoms with Crippen LogP contribution in [0, 0.1) is 0 Å². The summed E-state index contributed by atoms with van der Waals surface area (Å²) < 4.78 is 0. The highest BCUT2D eigenvalue weighted by atomic mass is 35.5. The summed E-state index contributed by atoms with van der Waals surface area (Å²) in [6, 6.07) is 10.8. The number of pyridine rings is 1. The van der Waals surface area contributed by atoms with Gasteiger partial charge in [-0.05, 0) is 50.2 Å². The monoisotopic (exact) mass is 409 g/mol. The summed E-state index contributed by atoms with van der Waals surface area (Å²) in [5.41, 5.74) is 6.14. The van der Waals surface area contributed by atoms with Crippen molar-refractivity contribution in [2.45, 2.75) is 25.3 Å². The van der Waals surface area contributed by atoms with Crippen molar-refractivity contribution in [2.75, 3.05) is 51.2 Å². The lowest BCUT2D eigenvalue weighted by Crippen LogP contribution is -2.44. The van der Waals surface area contributed by atoms with Gasteiger partial charge in [-0.3, -0.25) is 14.9 Å². The molecule has 0 aliphatic carbocycles. The molecule has 2 aromatic rings. The SMILES string of the molecule is CN1CCN(c2cccc3c2N=C(CN2CCCC2c2ncccc2Cl)C3)CC1. The second kappa shape index (κ2) is 8.05. The minimum atomic E-state index is 0.298. The number of likely N-dealkylation sites (tertiary alicyclic amines) is 1. The van der Waals surface area contributed by atoms with Crippen molar-refractivity contribution >= 4 is 28.7 Å². The van der Waals surface area contributed by atoms with Crippen LogP contribution in [0.25, 0.3) is 0 Å². The van der Waals surface area contributed by atoms with Crippen molar-refractivity contribution in [3.8, 4) is 0 Å². The number of para-hydroxylation sites is 1. The van der Waals surface area contributed by atoms with Gasteiger partial charge < -0.3 is 9.80 Å². The van der Waals surface area contributed by atoms with Gasteiger partial charge in [0.2, 0.25) is 0 Å². The van der Waals surface area contributed by atoms with Crippen molar-refractivity contribution in [2.24, 2.45) is 4.99 Å². The lowest BCUT2D eigenvalue weighted by atomic mass is 10.1. The molecule has 0 spiro atoms. The molecule has 0 amide bonds. The number of likely N-dealkylation sites (N-methyl/N-ethyl adjacent to an activating group) is 1. The van der Waals surface area contributed by atoms with Crippen molar-refractivity contribution in [3.05, 3.63) is 52.8 Å². The summed E-state index contributed by atoms with van der Waals surface area (Å²) in [6.07, 6.45) is 5.10. The molecule has 0 saturated carbocycles. The predicted octanol–water partition coefficient (Wildman–Crippen LogP) is 3.95. The Hall–Kier alpha value is -1.95. The van der Waals surface area contributed by atoms with Gasteiger partial charge in [0.15, 0.2) is 0 Å². The van der Waals surface area contributed by atoms with E-state index < -0.39 is 0 Å². The predicted molar refractivity (Wildman–Crippen MR) is 120 cm³/mol. The number of hydrogen-bond donors (Lipinski definition) is 0. The summed E-state index contributed by atoms with van der Waals surface area (Å²) >= 11 is 6.45. The molecule has 4 heterocycles. The van der Waals surface area contributed by atoms with Gasteiger partial charge in [0.25, 0.3) is 0 Å². The highest BCUT2D eigenvalue weighted by Gasteiger charge is 2.31. The van der Waals surface area contributed by atoms with E-state index in [0.717, 1.165) is 62.8 Å². The molecule has 1 aromatic heterocycles. The minimum absolute atomic E-state index is 0.298. The minimum Gasteiger partial charge on any atom is -0.367 e. The number of piperazine rings is 1. The number of nitrogens with zero attached hydrogens (tertiary/aromatic N) is 5. The highest BCUT2D eigenvalue weighted by Crippen LogP contribution is 2.39. The molecule has 1 atom stereocenters. The Bertz CT molecular complexity index is 919. The van der Waals surface area contributed by atoms with Crippen molar-refractivity contribution in [3.63, 3.8) is 0 Å². The van der Waals surface area contributed by atoms with Crippen molar-refractivity contribution in [1.29, 1.82) is 0 Å². The molecule has 0 N–H and O–H groups in total. The molecule has 2 fully saturated rings. The Balaban J connectivity index is 1.35. The van der Waals surface area contributed by atoms with E-state index in [1.54, 1.807) is 0 Å². The topological polar surface area (TPSA) is 35.0 Å². The number of aromatic nitrogens is 1. The van der Waals surface area contributed by atoms with Gasteiger partial charge in [-0.25, -0.2) is 0 Å². The fraction of sp³-hybridized carbons (Fsp3) is 0.478. The number of benzene rings is 1. The zero-order chi connectivity index (χ0) is 19.8. The number of halogens is 1. The maximum absolute atomic E-state index is 6.45. The van der Waals surface area contributed by atoms with Gasteiger partial charge in [-0.15, -0.1) is 0 Å². The Morgan fingerprint density at radius 1 is 1.07 bits per heavy atom. The van der Waals surface area contributed by atoms with Crippen LogP contribution in [0.2, 0.25) is 5.02 Å². The lowest BCUT2D eigenvalue weighted by Gasteiger charge is -2.34. The van der Waals surface area contributed by atoms with Crippen LogP contribution in [0.3, 0.4) is 0 Å². The average Bonchev–Trinajstić information content (AvgIpc) is 3.35. The molecule has 3 aliphatic heterocycles. The smallest absolute Gasteiger partial charge is 0.0898 e. The lowest BCUT2D eigenvalue weighted by molar-refractivity contribution is 0.288.